The third-order valence-corrected chi connectivity index (χ3v) is 6.43. The van der Waals surface area contributed by atoms with Crippen molar-refractivity contribution in [1.82, 2.24) is 0 Å². The predicted octanol–water partition coefficient (Wildman–Crippen LogP) is 6.17. The zero-order chi connectivity index (χ0) is 15.5. The molecule has 0 aliphatic rings. The van der Waals surface area contributed by atoms with E-state index in [2.05, 4.69) is 59.9 Å². The second-order valence-corrected chi connectivity index (χ2v) is 7.34. The number of hydrogen-bond acceptors (Lipinski definition) is 0. The quantitative estimate of drug-likeness (QED) is 0.451. The van der Waals surface area contributed by atoms with Gasteiger partial charge in [0.15, 0.2) is 0 Å². The van der Waals surface area contributed by atoms with E-state index in [1.165, 1.54) is 11.6 Å². The molecule has 2 aromatic carbocycles. The van der Waals surface area contributed by atoms with Gasteiger partial charge in [-0.2, -0.15) is 0 Å². The highest BCUT2D eigenvalue weighted by molar-refractivity contribution is 9.10. The van der Waals surface area contributed by atoms with Crippen LogP contribution in [0.1, 0.15) is 16.7 Å². The molecular formula is C17H16Br3F. The first-order chi connectivity index (χ1) is 10.0. The molecule has 4 heteroatoms. The maximum absolute atomic E-state index is 13.6. The van der Waals surface area contributed by atoms with Gasteiger partial charge in [-0.05, 0) is 54.3 Å². The van der Waals surface area contributed by atoms with Crippen LogP contribution in [0, 0.1) is 12.7 Å². The van der Waals surface area contributed by atoms with Gasteiger partial charge in [0.25, 0.3) is 0 Å². The molecule has 0 atom stereocenters. The summed E-state index contributed by atoms with van der Waals surface area (Å²) in [6.45, 7) is 2.03. The summed E-state index contributed by atoms with van der Waals surface area (Å²) >= 11 is 10.8. The van der Waals surface area contributed by atoms with E-state index in [9.17, 15) is 4.39 Å². The first kappa shape index (κ1) is 17.2. The third-order valence-electron chi connectivity index (χ3n) is 3.79. The Morgan fingerprint density at radius 3 is 2.38 bits per heavy atom. The lowest BCUT2D eigenvalue weighted by Crippen LogP contribution is -2.33. The average Bonchev–Trinajstić information content (AvgIpc) is 2.48. The van der Waals surface area contributed by atoms with E-state index in [1.54, 1.807) is 6.07 Å². The Morgan fingerprint density at radius 2 is 1.76 bits per heavy atom. The van der Waals surface area contributed by atoms with Crippen molar-refractivity contribution >= 4 is 47.8 Å². The smallest absolute Gasteiger partial charge is 0.123 e. The lowest BCUT2D eigenvalue weighted by molar-refractivity contribution is 0.545. The van der Waals surface area contributed by atoms with Crippen molar-refractivity contribution in [1.29, 1.82) is 0 Å². The van der Waals surface area contributed by atoms with Crippen molar-refractivity contribution < 1.29 is 4.39 Å². The molecule has 0 fully saturated rings. The molecule has 0 aliphatic carbocycles. The van der Waals surface area contributed by atoms with Crippen molar-refractivity contribution in [3.8, 4) is 0 Å². The molecule has 0 N–H and O–H groups in total. The van der Waals surface area contributed by atoms with Gasteiger partial charge >= 0.3 is 0 Å². The lowest BCUT2D eigenvalue weighted by Gasteiger charge is -2.31. The van der Waals surface area contributed by atoms with E-state index >= 15 is 0 Å². The normalized spacial score (nSPS) is 11.7. The Labute approximate surface area is 150 Å². The Bertz CT molecular complexity index is 621. The van der Waals surface area contributed by atoms with Crippen LogP contribution in [0.15, 0.2) is 46.9 Å². The van der Waals surface area contributed by atoms with Crippen LogP contribution in [0.25, 0.3) is 0 Å². The zero-order valence-electron chi connectivity index (χ0n) is 11.7. The van der Waals surface area contributed by atoms with Gasteiger partial charge in [-0.25, -0.2) is 4.39 Å². The molecule has 0 bridgehead atoms. The van der Waals surface area contributed by atoms with Crippen molar-refractivity contribution in [3.63, 3.8) is 0 Å². The standard InChI is InChI=1S/C17H16Br3F/c1-12-5-6-16(21)7-13(12)9-17(10-18,11-19)14-3-2-4-15(20)8-14/h2-8H,9-11H2,1H3. The van der Waals surface area contributed by atoms with Gasteiger partial charge < -0.3 is 0 Å². The van der Waals surface area contributed by atoms with E-state index in [4.69, 9.17) is 0 Å². The fourth-order valence-corrected chi connectivity index (χ4v) is 4.77. The van der Waals surface area contributed by atoms with Crippen LogP contribution in [-0.4, -0.2) is 10.7 Å². The highest BCUT2D eigenvalue weighted by atomic mass is 79.9. The molecule has 0 aromatic heterocycles. The summed E-state index contributed by atoms with van der Waals surface area (Å²) in [5.41, 5.74) is 3.29. The SMILES string of the molecule is Cc1ccc(F)cc1CC(CBr)(CBr)c1cccc(Br)c1. The van der Waals surface area contributed by atoms with Crippen molar-refractivity contribution in [2.75, 3.05) is 10.7 Å². The first-order valence-corrected chi connectivity index (χ1v) is 9.67. The van der Waals surface area contributed by atoms with Crippen LogP contribution in [0.3, 0.4) is 0 Å². The fraction of sp³-hybridized carbons (Fsp3) is 0.294. The van der Waals surface area contributed by atoms with E-state index in [1.807, 2.05) is 25.1 Å². The van der Waals surface area contributed by atoms with Crippen LogP contribution < -0.4 is 0 Å². The number of alkyl halides is 2. The van der Waals surface area contributed by atoms with Gasteiger partial charge in [-0.1, -0.05) is 66.0 Å². The molecule has 0 aliphatic heterocycles. The molecule has 2 rings (SSSR count). The molecule has 0 amide bonds. The Kier molecular flexibility index (Phi) is 6.04. The van der Waals surface area contributed by atoms with Crippen LogP contribution in [0.2, 0.25) is 0 Å². The summed E-state index contributed by atoms with van der Waals surface area (Å²) in [7, 11) is 0. The molecule has 21 heavy (non-hydrogen) atoms. The topological polar surface area (TPSA) is 0 Å². The second-order valence-electron chi connectivity index (χ2n) is 5.31. The molecular weight excluding hydrogens is 463 g/mol. The summed E-state index contributed by atoms with van der Waals surface area (Å²) in [5.74, 6) is -0.178. The van der Waals surface area contributed by atoms with E-state index < -0.39 is 0 Å². The molecule has 0 unspecified atom stereocenters. The third kappa shape index (κ3) is 3.96. The highest BCUT2D eigenvalue weighted by Crippen LogP contribution is 2.35. The van der Waals surface area contributed by atoms with Crippen LogP contribution in [0.4, 0.5) is 4.39 Å². The van der Waals surface area contributed by atoms with Gasteiger partial charge in [0.1, 0.15) is 5.82 Å². The maximum atomic E-state index is 13.6. The van der Waals surface area contributed by atoms with E-state index in [0.29, 0.717) is 0 Å². The number of halogens is 4. The molecule has 0 saturated carbocycles. The number of hydrogen-bond donors (Lipinski definition) is 0. The van der Waals surface area contributed by atoms with Gasteiger partial charge in [0.05, 0.1) is 0 Å². The Balaban J connectivity index is 2.45. The molecule has 0 saturated heterocycles. The fourth-order valence-electron chi connectivity index (χ4n) is 2.40. The zero-order valence-corrected chi connectivity index (χ0v) is 16.4. The van der Waals surface area contributed by atoms with Crippen molar-refractivity contribution in [2.24, 2.45) is 0 Å². The van der Waals surface area contributed by atoms with Crippen LogP contribution in [-0.2, 0) is 11.8 Å². The molecule has 0 radical (unpaired) electrons. The largest absolute Gasteiger partial charge is 0.207 e. The first-order valence-electron chi connectivity index (χ1n) is 6.64. The van der Waals surface area contributed by atoms with Crippen LogP contribution in [0.5, 0.6) is 0 Å². The summed E-state index contributed by atoms with van der Waals surface area (Å²) in [6, 6.07) is 13.3. The molecule has 0 heterocycles. The number of aryl methyl sites for hydroxylation is 1. The van der Waals surface area contributed by atoms with E-state index in [0.717, 1.165) is 32.7 Å². The average molecular weight is 479 g/mol. The Hall–Kier alpha value is -0.190. The minimum absolute atomic E-state index is 0.109. The monoisotopic (exact) mass is 476 g/mol. The van der Waals surface area contributed by atoms with Gasteiger partial charge in [0.2, 0.25) is 0 Å². The number of benzene rings is 2. The summed E-state index contributed by atoms with van der Waals surface area (Å²) in [4.78, 5) is 0. The number of rotatable bonds is 5. The van der Waals surface area contributed by atoms with Crippen molar-refractivity contribution in [2.45, 2.75) is 18.8 Å². The predicted molar refractivity (Wildman–Crippen MR) is 98.2 cm³/mol. The molecule has 0 nitrogen and oxygen atoms in total. The second kappa shape index (κ2) is 7.38. The summed E-state index contributed by atoms with van der Waals surface area (Å²) < 4.78 is 14.6. The van der Waals surface area contributed by atoms with Gasteiger partial charge in [0, 0.05) is 20.5 Å². The molecule has 0 spiro atoms. The minimum atomic E-state index is -0.178. The molecule has 2 aromatic rings. The van der Waals surface area contributed by atoms with E-state index in [-0.39, 0.29) is 11.2 Å². The molecule has 112 valence electrons. The van der Waals surface area contributed by atoms with Crippen LogP contribution >= 0.6 is 47.8 Å². The van der Waals surface area contributed by atoms with Gasteiger partial charge in [-0.15, -0.1) is 0 Å². The highest BCUT2D eigenvalue weighted by Gasteiger charge is 2.31. The van der Waals surface area contributed by atoms with Gasteiger partial charge in [-0.3, -0.25) is 0 Å². The van der Waals surface area contributed by atoms with Crippen molar-refractivity contribution in [3.05, 3.63) is 69.4 Å². The lowest BCUT2D eigenvalue weighted by atomic mass is 9.78. The maximum Gasteiger partial charge on any atom is 0.123 e. The summed E-state index contributed by atoms with van der Waals surface area (Å²) in [6.07, 6.45) is 0.781. The Morgan fingerprint density at radius 1 is 1.05 bits per heavy atom. The minimum Gasteiger partial charge on any atom is -0.207 e. The summed E-state index contributed by atoms with van der Waals surface area (Å²) in [5, 5.41) is 1.61.